The summed E-state index contributed by atoms with van der Waals surface area (Å²) in [6, 6.07) is 3.92. The summed E-state index contributed by atoms with van der Waals surface area (Å²) >= 11 is 1.17. The van der Waals surface area contributed by atoms with E-state index < -0.39 is 34.6 Å². The van der Waals surface area contributed by atoms with E-state index in [1.807, 2.05) is 0 Å². The minimum absolute atomic E-state index is 0.120. The number of nitrogens with one attached hydrogen (secondary N) is 1. The van der Waals surface area contributed by atoms with Crippen LogP contribution in [0, 0.1) is 12.7 Å². The second-order valence-corrected chi connectivity index (χ2v) is 13.2. The van der Waals surface area contributed by atoms with Crippen LogP contribution in [0.4, 0.5) is 4.39 Å². The number of nitrogens with zero attached hydrogens (tertiary/aromatic N) is 5. The molecule has 0 bridgehead atoms. The van der Waals surface area contributed by atoms with Crippen LogP contribution in [0.5, 0.6) is 5.75 Å². The second kappa shape index (κ2) is 14.5. The van der Waals surface area contributed by atoms with Crippen molar-refractivity contribution < 1.29 is 28.1 Å². The van der Waals surface area contributed by atoms with E-state index in [0.717, 1.165) is 4.57 Å². The van der Waals surface area contributed by atoms with E-state index >= 15 is 0 Å². The topological polar surface area (TPSA) is 141 Å². The van der Waals surface area contributed by atoms with Gasteiger partial charge in [0.25, 0.3) is 5.56 Å². The third-order valence-electron chi connectivity index (χ3n) is 8.06. The molecule has 3 aromatic heterocycles. The molecule has 1 fully saturated rings. The van der Waals surface area contributed by atoms with Crippen molar-refractivity contribution in [3.63, 3.8) is 0 Å². The van der Waals surface area contributed by atoms with Crippen LogP contribution in [-0.2, 0) is 31.1 Å². The molecule has 0 spiro atoms. The van der Waals surface area contributed by atoms with Gasteiger partial charge in [-0.05, 0) is 65.7 Å². The van der Waals surface area contributed by atoms with Crippen LogP contribution in [0.15, 0.2) is 40.2 Å². The van der Waals surface area contributed by atoms with Crippen LogP contribution in [0.3, 0.4) is 0 Å². The zero-order chi connectivity index (χ0) is 33.9. The van der Waals surface area contributed by atoms with Crippen molar-refractivity contribution in [3.8, 4) is 10.8 Å². The normalized spacial score (nSPS) is 15.0. The van der Waals surface area contributed by atoms with E-state index in [1.165, 1.54) is 65.1 Å². The molecule has 15 heteroatoms. The Labute approximate surface area is 275 Å². The van der Waals surface area contributed by atoms with E-state index in [1.54, 1.807) is 27.9 Å². The number of halogens is 1. The molecule has 1 aliphatic rings. The summed E-state index contributed by atoms with van der Waals surface area (Å²) in [4.78, 5) is 44.1. The van der Waals surface area contributed by atoms with Crippen molar-refractivity contribution in [1.29, 1.82) is 0 Å². The van der Waals surface area contributed by atoms with Gasteiger partial charge in [-0.2, -0.15) is 10.2 Å². The first kappa shape index (κ1) is 34.4. The molecule has 4 heterocycles. The van der Waals surface area contributed by atoms with Crippen LogP contribution in [-0.4, -0.2) is 75.7 Å². The van der Waals surface area contributed by atoms with Crippen LogP contribution in [0.2, 0.25) is 0 Å². The van der Waals surface area contributed by atoms with E-state index in [4.69, 9.17) is 18.9 Å². The van der Waals surface area contributed by atoms with Gasteiger partial charge in [0.2, 0.25) is 5.91 Å². The average molecular weight is 673 g/mol. The third kappa shape index (κ3) is 7.17. The van der Waals surface area contributed by atoms with Crippen molar-refractivity contribution in [3.05, 3.63) is 68.4 Å². The molecule has 1 aliphatic heterocycles. The Kier molecular flexibility index (Phi) is 10.6. The van der Waals surface area contributed by atoms with Gasteiger partial charge in [-0.25, -0.2) is 13.8 Å². The lowest BCUT2D eigenvalue weighted by Crippen LogP contribution is -2.56. The highest BCUT2D eigenvalue weighted by Gasteiger charge is 2.37. The first-order valence-corrected chi connectivity index (χ1v) is 16.4. The number of amides is 1. The maximum Gasteiger partial charge on any atom is 0.333 e. The number of hydrogen-bond acceptors (Lipinski definition) is 10. The predicted molar refractivity (Wildman–Crippen MR) is 174 cm³/mol. The van der Waals surface area contributed by atoms with Gasteiger partial charge in [0, 0.05) is 37.5 Å². The molecule has 0 unspecified atom stereocenters. The van der Waals surface area contributed by atoms with Crippen molar-refractivity contribution in [2.75, 3.05) is 33.5 Å². The molecule has 4 aromatic rings. The Morgan fingerprint density at radius 3 is 2.53 bits per heavy atom. The smallest absolute Gasteiger partial charge is 0.333 e. The fourth-order valence-electron chi connectivity index (χ4n) is 5.60. The van der Waals surface area contributed by atoms with Gasteiger partial charge in [0.05, 0.1) is 37.0 Å². The zero-order valence-electron chi connectivity index (χ0n) is 27.4. The number of aromatic nitrogens is 5. The first-order chi connectivity index (χ1) is 22.4. The number of aryl methyl sites for hydroxylation is 1. The fraction of sp³-hybridized carbons (Fsp3) is 0.531. The number of methoxy groups -OCH3 is 1. The third-order valence-corrected chi connectivity index (χ3v) is 9.34. The highest BCUT2D eigenvalue weighted by atomic mass is 32.1. The van der Waals surface area contributed by atoms with Crippen LogP contribution in [0.1, 0.15) is 57.8 Å². The molecule has 13 nitrogen and oxygen atoms in total. The molecule has 1 aromatic carbocycles. The monoisotopic (exact) mass is 672 g/mol. The number of carbonyl (C=O) groups excluding carboxylic acids is 1. The Morgan fingerprint density at radius 1 is 1.17 bits per heavy atom. The first-order valence-electron chi connectivity index (χ1n) is 15.6. The Balaban J connectivity index is 1.74. The average Bonchev–Trinajstić information content (AvgIpc) is 3.68. The van der Waals surface area contributed by atoms with Crippen LogP contribution in [0.25, 0.3) is 15.2 Å². The zero-order valence-corrected chi connectivity index (χ0v) is 28.3. The molecule has 1 saturated heterocycles. The number of hydrogen-bond donors (Lipinski definition) is 1. The van der Waals surface area contributed by atoms with E-state index in [9.17, 15) is 18.8 Å². The maximum absolute atomic E-state index is 14.9. The van der Waals surface area contributed by atoms with E-state index in [2.05, 4.69) is 15.5 Å². The lowest BCUT2D eigenvalue weighted by molar-refractivity contribution is -0.129. The fourth-order valence-corrected chi connectivity index (χ4v) is 6.82. The minimum atomic E-state index is -1.57. The Morgan fingerprint density at radius 2 is 1.87 bits per heavy atom. The molecule has 5 rings (SSSR count). The summed E-state index contributed by atoms with van der Waals surface area (Å²) in [7, 11) is 1.55. The molecule has 1 amide bonds. The largest absolute Gasteiger partial charge is 0.491 e. The highest BCUT2D eigenvalue weighted by molar-refractivity contribution is 7.21. The second-order valence-electron chi connectivity index (χ2n) is 12.2. The molecule has 1 N–H and O–H groups in total. The standard InChI is InChI=1S/C32H41FN6O7S/c1-19(2)36-30(41)32(4,5)38-27(40)26-20(3)28(39-34-11-12-35-39)47-29(26)37(31(38)42)18-25(46-22-9-13-44-14-10-22)23-17-21(33)7-8-24(23)45-16-15-43-6/h7-8,11-12,17,19,22,25H,9-10,13-16,18H2,1-6H3,(H,36,41)/t25-/m0/s1. The van der Waals surface area contributed by atoms with Crippen LogP contribution < -0.4 is 21.3 Å². The van der Waals surface area contributed by atoms with Gasteiger partial charge in [-0.3, -0.25) is 14.2 Å². The van der Waals surface area contributed by atoms with Crippen molar-refractivity contribution in [1.82, 2.24) is 29.4 Å². The molecular weight excluding hydrogens is 631 g/mol. The number of benzene rings is 1. The van der Waals surface area contributed by atoms with Crippen LogP contribution >= 0.6 is 11.3 Å². The quantitative estimate of drug-likeness (QED) is 0.212. The number of ether oxygens (including phenoxy) is 4. The molecule has 47 heavy (non-hydrogen) atoms. The SMILES string of the molecule is COCCOc1ccc(F)cc1[C@H](Cn1c(=O)n(C(C)(C)C(=O)NC(C)C)c(=O)c2c(C)c(-n3nccn3)sc21)OC1CCOCC1. The summed E-state index contributed by atoms with van der Waals surface area (Å²) in [6.07, 6.45) is 3.10. The number of rotatable bonds is 13. The summed E-state index contributed by atoms with van der Waals surface area (Å²) in [5.74, 6) is -0.625. The lowest BCUT2D eigenvalue weighted by Gasteiger charge is -2.31. The van der Waals surface area contributed by atoms with Gasteiger partial charge in [0.15, 0.2) is 0 Å². The molecule has 0 saturated carbocycles. The van der Waals surface area contributed by atoms with Gasteiger partial charge in [-0.15, -0.1) is 4.80 Å². The van der Waals surface area contributed by atoms with Gasteiger partial charge in [-0.1, -0.05) is 11.3 Å². The molecule has 1 atom stereocenters. The molecule has 0 aliphatic carbocycles. The number of fused-ring (bicyclic) bond motifs is 1. The van der Waals surface area contributed by atoms with Crippen molar-refractivity contribution in [2.24, 2.45) is 0 Å². The number of thiophene rings is 1. The summed E-state index contributed by atoms with van der Waals surface area (Å²) in [5.41, 5.74) is -1.97. The molecule has 254 valence electrons. The van der Waals surface area contributed by atoms with Gasteiger partial charge < -0.3 is 24.3 Å². The Bertz CT molecular complexity index is 1830. The number of carbonyl (C=O) groups is 1. The van der Waals surface area contributed by atoms with Crippen molar-refractivity contribution in [2.45, 2.75) is 77.8 Å². The maximum atomic E-state index is 14.9. The summed E-state index contributed by atoms with van der Waals surface area (Å²) < 4.78 is 40.6. The predicted octanol–water partition coefficient (Wildman–Crippen LogP) is 3.47. The van der Waals surface area contributed by atoms with Gasteiger partial charge in [0.1, 0.15) is 39.6 Å². The Hall–Kier alpha value is -3.92. The minimum Gasteiger partial charge on any atom is -0.491 e. The van der Waals surface area contributed by atoms with E-state index in [0.29, 0.717) is 59.4 Å². The van der Waals surface area contributed by atoms with Gasteiger partial charge >= 0.3 is 5.69 Å². The van der Waals surface area contributed by atoms with Crippen molar-refractivity contribution >= 4 is 27.5 Å². The van der Waals surface area contributed by atoms with E-state index in [-0.39, 0.29) is 30.7 Å². The lowest BCUT2D eigenvalue weighted by atomic mass is 10.0. The highest BCUT2D eigenvalue weighted by Crippen LogP contribution is 2.35. The molecular formula is C32H41FN6O7S. The summed E-state index contributed by atoms with van der Waals surface area (Å²) in [5, 5.41) is 12.1. The molecule has 0 radical (unpaired) electrons. The summed E-state index contributed by atoms with van der Waals surface area (Å²) in [6.45, 7) is 9.80.